The second-order valence-corrected chi connectivity index (χ2v) is 9.11. The van der Waals surface area contributed by atoms with Gasteiger partial charge in [-0.25, -0.2) is 9.59 Å². The van der Waals surface area contributed by atoms with Gasteiger partial charge in [0, 0.05) is 50.7 Å². The average molecular weight is 585 g/mol. The number of aliphatic carboxylic acids is 2. The van der Waals surface area contributed by atoms with Crippen LogP contribution in [0.3, 0.4) is 0 Å². The van der Waals surface area contributed by atoms with Gasteiger partial charge in [0.2, 0.25) is 0 Å². The first kappa shape index (κ1) is 34.6. The van der Waals surface area contributed by atoms with Gasteiger partial charge in [0.15, 0.2) is 0 Å². The Bertz CT molecular complexity index is 1020. The molecule has 0 saturated carbocycles. The van der Waals surface area contributed by atoms with Crippen LogP contribution >= 0.6 is 0 Å². The van der Waals surface area contributed by atoms with Crippen molar-refractivity contribution in [3.63, 3.8) is 0 Å². The number of hydrogen-bond acceptors (Lipinski definition) is 7. The van der Waals surface area contributed by atoms with Crippen molar-refractivity contribution >= 4 is 17.8 Å². The van der Waals surface area contributed by atoms with Crippen molar-refractivity contribution in [2.45, 2.75) is 24.9 Å². The van der Waals surface area contributed by atoms with Crippen molar-refractivity contribution in [2.75, 3.05) is 60.0 Å². The molecule has 224 valence electrons. The summed E-state index contributed by atoms with van der Waals surface area (Å²) in [6.07, 6.45) is -9.09. The molecule has 2 atom stereocenters. The van der Waals surface area contributed by atoms with Crippen LogP contribution in [0.2, 0.25) is 0 Å². The highest BCUT2D eigenvalue weighted by Gasteiger charge is 2.39. The SMILES string of the molecule is CN(C)CCN1CCO[C@@H]2CN(C(=O)c3cccc(C#N)c3)CC[C@@H]2C1.O=C(O)C(F)(F)F.O=C(O)C(F)(F)F. The summed E-state index contributed by atoms with van der Waals surface area (Å²) in [5.41, 5.74) is 1.11. The van der Waals surface area contributed by atoms with E-state index in [1.54, 1.807) is 24.3 Å². The molecule has 1 amide bonds. The lowest BCUT2D eigenvalue weighted by Gasteiger charge is -2.38. The molecule has 10 nitrogen and oxygen atoms in total. The lowest BCUT2D eigenvalue weighted by atomic mass is 9.92. The van der Waals surface area contributed by atoms with Crippen LogP contribution in [0.4, 0.5) is 26.3 Å². The number of piperidine rings is 1. The van der Waals surface area contributed by atoms with Crippen molar-refractivity contribution < 1.29 is 55.7 Å². The van der Waals surface area contributed by atoms with Crippen molar-refractivity contribution in [3.8, 4) is 6.07 Å². The summed E-state index contributed by atoms with van der Waals surface area (Å²) in [5.74, 6) is -5.04. The second-order valence-electron chi connectivity index (χ2n) is 9.11. The van der Waals surface area contributed by atoms with Gasteiger partial charge in [0.05, 0.1) is 24.3 Å². The van der Waals surface area contributed by atoms with Gasteiger partial charge in [-0.05, 0) is 38.7 Å². The Labute approximate surface area is 226 Å². The standard InChI is InChI=1S/C20H28N4O2.2C2HF3O2/c1-22(2)8-9-23-10-11-26-19-15-24(7-6-18(19)14-23)20(25)17-5-3-4-16(12-17)13-21;2*3-2(4,5)1(6)7/h3-5,12,18-19H,6-11,14-15H2,1-2H3;2*(H,6,7)/t18-,19-;;/m1../s1. The van der Waals surface area contributed by atoms with E-state index in [2.05, 4.69) is 30.0 Å². The lowest BCUT2D eigenvalue weighted by Crippen LogP contribution is -2.49. The molecule has 2 fully saturated rings. The number of carbonyl (C=O) groups excluding carboxylic acids is 1. The smallest absolute Gasteiger partial charge is 0.475 e. The Morgan fingerprint density at radius 2 is 1.62 bits per heavy atom. The first-order valence-electron chi connectivity index (χ1n) is 11.8. The zero-order valence-corrected chi connectivity index (χ0v) is 21.7. The van der Waals surface area contributed by atoms with Crippen LogP contribution < -0.4 is 0 Å². The zero-order chi connectivity index (χ0) is 30.7. The number of benzene rings is 1. The van der Waals surface area contributed by atoms with E-state index in [1.807, 2.05) is 4.90 Å². The van der Waals surface area contributed by atoms with Crippen LogP contribution in [-0.4, -0.2) is 121 Å². The van der Waals surface area contributed by atoms with Gasteiger partial charge < -0.3 is 24.7 Å². The molecule has 16 heteroatoms. The third-order valence-corrected chi connectivity index (χ3v) is 5.80. The number of halogens is 6. The number of alkyl halides is 6. The summed E-state index contributed by atoms with van der Waals surface area (Å²) in [4.78, 5) is 37.2. The molecule has 2 aliphatic heterocycles. The molecular weight excluding hydrogens is 554 g/mol. The van der Waals surface area contributed by atoms with Crippen LogP contribution in [0.25, 0.3) is 0 Å². The summed E-state index contributed by atoms with van der Waals surface area (Å²) in [7, 11) is 4.20. The Balaban J connectivity index is 0.000000473. The molecular formula is C24H30F6N4O6. The third kappa shape index (κ3) is 12.2. The summed E-state index contributed by atoms with van der Waals surface area (Å²) < 4.78 is 69.6. The van der Waals surface area contributed by atoms with Gasteiger partial charge in [-0.1, -0.05) is 6.07 Å². The minimum Gasteiger partial charge on any atom is -0.475 e. The number of likely N-dealkylation sites (tertiary alicyclic amines) is 1. The minimum absolute atomic E-state index is 0.00198. The molecule has 2 aliphatic rings. The molecule has 3 rings (SSSR count). The molecule has 2 saturated heterocycles. The normalized spacial score (nSPS) is 19.6. The maximum atomic E-state index is 12.8. The van der Waals surface area contributed by atoms with E-state index in [0.29, 0.717) is 23.6 Å². The van der Waals surface area contributed by atoms with Gasteiger partial charge in [-0.2, -0.15) is 31.6 Å². The Hall–Kier alpha value is -3.42. The molecule has 0 aliphatic carbocycles. The van der Waals surface area contributed by atoms with Gasteiger partial charge >= 0.3 is 24.3 Å². The Kier molecular flexibility index (Phi) is 13.3. The number of carbonyl (C=O) groups is 3. The Morgan fingerprint density at radius 3 is 2.12 bits per heavy atom. The van der Waals surface area contributed by atoms with E-state index in [-0.39, 0.29) is 12.0 Å². The second kappa shape index (κ2) is 15.4. The number of carboxylic acids is 2. The van der Waals surface area contributed by atoms with Crippen LogP contribution in [0, 0.1) is 17.2 Å². The number of rotatable bonds is 4. The summed E-state index contributed by atoms with van der Waals surface area (Å²) in [6.45, 7) is 6.23. The predicted octanol–water partition coefficient (Wildman–Crippen LogP) is 2.55. The maximum Gasteiger partial charge on any atom is 0.490 e. The predicted molar refractivity (Wildman–Crippen MR) is 127 cm³/mol. The molecule has 0 radical (unpaired) electrons. The molecule has 1 aromatic rings. The molecule has 1 aromatic carbocycles. The van der Waals surface area contributed by atoms with Crippen molar-refractivity contribution in [1.29, 1.82) is 5.26 Å². The molecule has 0 spiro atoms. The highest BCUT2D eigenvalue weighted by Crippen LogP contribution is 2.25. The summed E-state index contributed by atoms with van der Waals surface area (Å²) in [6, 6.07) is 9.04. The number of fused-ring (bicyclic) bond motifs is 1. The average Bonchev–Trinajstić information content (AvgIpc) is 3.08. The van der Waals surface area contributed by atoms with E-state index in [1.165, 1.54) is 0 Å². The quantitative estimate of drug-likeness (QED) is 0.512. The fourth-order valence-electron chi connectivity index (χ4n) is 3.75. The largest absolute Gasteiger partial charge is 0.490 e. The van der Waals surface area contributed by atoms with Gasteiger partial charge in [-0.3, -0.25) is 9.69 Å². The first-order chi connectivity index (χ1) is 18.4. The highest BCUT2D eigenvalue weighted by atomic mass is 19.4. The molecule has 0 bridgehead atoms. The lowest BCUT2D eigenvalue weighted by molar-refractivity contribution is -0.193. The number of hydrogen-bond donors (Lipinski definition) is 2. The molecule has 0 aromatic heterocycles. The third-order valence-electron chi connectivity index (χ3n) is 5.80. The van der Waals surface area contributed by atoms with E-state index >= 15 is 0 Å². The van der Waals surface area contributed by atoms with Crippen LogP contribution in [0.5, 0.6) is 0 Å². The zero-order valence-electron chi connectivity index (χ0n) is 21.7. The Morgan fingerprint density at radius 1 is 1.05 bits per heavy atom. The monoisotopic (exact) mass is 584 g/mol. The van der Waals surface area contributed by atoms with Crippen molar-refractivity contribution in [1.82, 2.24) is 14.7 Å². The molecule has 2 heterocycles. The fourth-order valence-corrected chi connectivity index (χ4v) is 3.75. The number of nitriles is 1. The fraction of sp³-hybridized carbons (Fsp3) is 0.583. The minimum atomic E-state index is -5.08. The molecule has 40 heavy (non-hydrogen) atoms. The number of ether oxygens (including phenoxy) is 1. The van der Waals surface area contributed by atoms with E-state index in [4.69, 9.17) is 29.8 Å². The van der Waals surface area contributed by atoms with Gasteiger partial charge in [-0.15, -0.1) is 0 Å². The summed E-state index contributed by atoms with van der Waals surface area (Å²) >= 11 is 0. The van der Waals surface area contributed by atoms with E-state index < -0.39 is 24.3 Å². The van der Waals surface area contributed by atoms with Crippen LogP contribution in [-0.2, 0) is 14.3 Å². The number of nitrogens with zero attached hydrogens (tertiary/aromatic N) is 4. The van der Waals surface area contributed by atoms with Crippen molar-refractivity contribution in [3.05, 3.63) is 35.4 Å². The summed E-state index contributed by atoms with van der Waals surface area (Å²) in [5, 5.41) is 23.3. The van der Waals surface area contributed by atoms with Gasteiger partial charge in [0.25, 0.3) is 5.91 Å². The number of amides is 1. The first-order valence-corrected chi connectivity index (χ1v) is 11.8. The number of likely N-dealkylation sites (N-methyl/N-ethyl adjacent to an activating group) is 1. The van der Waals surface area contributed by atoms with E-state index in [0.717, 1.165) is 45.8 Å². The number of carboxylic acid groups (broad SMARTS) is 2. The molecule has 0 unspecified atom stereocenters. The van der Waals surface area contributed by atoms with Crippen LogP contribution in [0.1, 0.15) is 22.3 Å². The van der Waals surface area contributed by atoms with Gasteiger partial charge in [0.1, 0.15) is 0 Å². The maximum absolute atomic E-state index is 12.8. The molecule has 2 N–H and O–H groups in total. The highest BCUT2D eigenvalue weighted by molar-refractivity contribution is 5.94. The van der Waals surface area contributed by atoms with E-state index in [9.17, 15) is 31.1 Å². The topological polar surface area (TPSA) is 134 Å². The van der Waals surface area contributed by atoms with Crippen LogP contribution in [0.15, 0.2) is 24.3 Å². The van der Waals surface area contributed by atoms with Crippen molar-refractivity contribution in [2.24, 2.45) is 5.92 Å².